The highest BCUT2D eigenvalue weighted by Crippen LogP contribution is 2.35. The average molecular weight is 320 g/mol. The van der Waals surface area contributed by atoms with E-state index < -0.39 is 0 Å². The van der Waals surface area contributed by atoms with E-state index >= 15 is 0 Å². The van der Waals surface area contributed by atoms with Crippen molar-refractivity contribution in [3.63, 3.8) is 0 Å². The Labute approximate surface area is 116 Å². The minimum atomic E-state index is -0.306. The summed E-state index contributed by atoms with van der Waals surface area (Å²) in [5.41, 5.74) is 1.05. The molecular formula is C14H17BrClF. The largest absolute Gasteiger partial charge is 0.205 e. The van der Waals surface area contributed by atoms with Crippen LogP contribution in [0, 0.1) is 17.7 Å². The normalized spacial score (nSPS) is 29.3. The second-order valence-corrected chi connectivity index (χ2v) is 6.73. The van der Waals surface area contributed by atoms with Gasteiger partial charge >= 0.3 is 0 Å². The van der Waals surface area contributed by atoms with Gasteiger partial charge in [0.1, 0.15) is 5.82 Å². The van der Waals surface area contributed by atoms with Gasteiger partial charge in [0.15, 0.2) is 0 Å². The highest BCUT2D eigenvalue weighted by Gasteiger charge is 2.26. The molecule has 0 spiro atoms. The van der Waals surface area contributed by atoms with Crippen molar-refractivity contribution in [3.8, 4) is 0 Å². The van der Waals surface area contributed by atoms with Crippen molar-refractivity contribution in [2.45, 2.75) is 37.4 Å². The topological polar surface area (TPSA) is 0 Å². The summed E-state index contributed by atoms with van der Waals surface area (Å²) in [7, 11) is 0. The molecule has 1 aliphatic carbocycles. The number of alkyl halides is 1. The molecule has 1 aliphatic rings. The van der Waals surface area contributed by atoms with Gasteiger partial charge in [0.05, 0.1) is 5.02 Å². The van der Waals surface area contributed by atoms with Crippen molar-refractivity contribution >= 4 is 27.5 Å². The molecule has 0 amide bonds. The van der Waals surface area contributed by atoms with Crippen LogP contribution in [-0.4, -0.2) is 4.83 Å². The Hall–Kier alpha value is -0.0800. The lowest BCUT2D eigenvalue weighted by Gasteiger charge is -2.31. The van der Waals surface area contributed by atoms with E-state index in [1.807, 2.05) is 6.07 Å². The molecule has 0 N–H and O–H groups in total. The summed E-state index contributed by atoms with van der Waals surface area (Å²) in [6.07, 6.45) is 4.68. The number of hydrogen-bond acceptors (Lipinski definition) is 0. The van der Waals surface area contributed by atoms with Crippen LogP contribution in [0.2, 0.25) is 5.02 Å². The Balaban J connectivity index is 2.06. The molecular weight excluding hydrogens is 303 g/mol. The minimum Gasteiger partial charge on any atom is -0.205 e. The smallest absolute Gasteiger partial charge is 0.142 e. The predicted molar refractivity (Wildman–Crippen MR) is 74.3 cm³/mol. The number of hydrogen-bond donors (Lipinski definition) is 0. The van der Waals surface area contributed by atoms with Gasteiger partial charge in [-0.3, -0.25) is 0 Å². The molecule has 0 aliphatic heterocycles. The zero-order valence-corrected chi connectivity index (χ0v) is 12.3. The first-order chi connectivity index (χ1) is 8.06. The Kier molecular flexibility index (Phi) is 4.48. The number of halogens is 3. The Morgan fingerprint density at radius 2 is 2.18 bits per heavy atom. The van der Waals surface area contributed by atoms with Crippen LogP contribution < -0.4 is 0 Å². The number of benzene rings is 1. The van der Waals surface area contributed by atoms with Crippen molar-refractivity contribution in [1.29, 1.82) is 0 Å². The van der Waals surface area contributed by atoms with Gasteiger partial charge in [-0.25, -0.2) is 4.39 Å². The van der Waals surface area contributed by atoms with Gasteiger partial charge < -0.3 is 0 Å². The molecule has 0 nitrogen and oxygen atoms in total. The molecule has 2 rings (SSSR count). The van der Waals surface area contributed by atoms with E-state index in [2.05, 4.69) is 22.9 Å². The summed E-state index contributed by atoms with van der Waals surface area (Å²) >= 11 is 9.44. The average Bonchev–Trinajstić information content (AvgIpc) is 2.29. The molecule has 0 aromatic heterocycles. The molecule has 0 heterocycles. The first kappa shape index (κ1) is 13.4. The highest BCUT2D eigenvalue weighted by molar-refractivity contribution is 9.09. The minimum absolute atomic E-state index is 0.209. The lowest BCUT2D eigenvalue weighted by molar-refractivity contribution is 0.294. The van der Waals surface area contributed by atoms with Gasteiger partial charge in [0.25, 0.3) is 0 Å². The van der Waals surface area contributed by atoms with Crippen LogP contribution in [0.25, 0.3) is 0 Å². The van der Waals surface area contributed by atoms with E-state index in [0.29, 0.717) is 10.7 Å². The van der Waals surface area contributed by atoms with Gasteiger partial charge in [0.2, 0.25) is 0 Å². The highest BCUT2D eigenvalue weighted by atomic mass is 79.9. The summed E-state index contributed by atoms with van der Waals surface area (Å²) in [6, 6.07) is 5.16. The van der Waals surface area contributed by atoms with Crippen molar-refractivity contribution in [1.82, 2.24) is 0 Å². The molecule has 17 heavy (non-hydrogen) atoms. The zero-order chi connectivity index (χ0) is 12.4. The molecule has 1 fully saturated rings. The molecule has 0 bridgehead atoms. The summed E-state index contributed by atoms with van der Waals surface area (Å²) in [5, 5.41) is 0.209. The summed E-state index contributed by atoms with van der Waals surface area (Å²) in [5.74, 6) is 1.09. The third-order valence-electron chi connectivity index (χ3n) is 3.63. The van der Waals surface area contributed by atoms with E-state index in [0.717, 1.165) is 17.9 Å². The Bertz CT molecular complexity index is 394. The van der Waals surface area contributed by atoms with Crippen LogP contribution in [0.1, 0.15) is 31.7 Å². The van der Waals surface area contributed by atoms with E-state index in [9.17, 15) is 4.39 Å². The van der Waals surface area contributed by atoms with Crippen LogP contribution in [-0.2, 0) is 6.42 Å². The van der Waals surface area contributed by atoms with Gasteiger partial charge in [0, 0.05) is 4.83 Å². The van der Waals surface area contributed by atoms with E-state index in [-0.39, 0.29) is 10.8 Å². The van der Waals surface area contributed by atoms with Crippen molar-refractivity contribution in [2.75, 3.05) is 0 Å². The first-order valence-corrected chi connectivity index (χ1v) is 7.43. The van der Waals surface area contributed by atoms with Crippen LogP contribution >= 0.6 is 27.5 Å². The third-order valence-corrected chi connectivity index (χ3v) is 5.15. The van der Waals surface area contributed by atoms with Gasteiger partial charge in [-0.1, -0.05) is 40.5 Å². The lowest BCUT2D eigenvalue weighted by atomic mass is 9.79. The Morgan fingerprint density at radius 1 is 1.41 bits per heavy atom. The van der Waals surface area contributed by atoms with Crippen LogP contribution in [0.15, 0.2) is 18.2 Å². The first-order valence-electron chi connectivity index (χ1n) is 6.14. The zero-order valence-electron chi connectivity index (χ0n) is 9.93. The van der Waals surface area contributed by atoms with Crippen LogP contribution in [0.3, 0.4) is 0 Å². The lowest BCUT2D eigenvalue weighted by Crippen LogP contribution is -2.25. The monoisotopic (exact) mass is 318 g/mol. The summed E-state index contributed by atoms with van der Waals surface area (Å²) in [4.78, 5) is 0.567. The van der Waals surface area contributed by atoms with Crippen molar-refractivity contribution in [3.05, 3.63) is 34.6 Å². The number of rotatable bonds is 2. The van der Waals surface area contributed by atoms with E-state index in [4.69, 9.17) is 11.6 Å². The Morgan fingerprint density at radius 3 is 2.88 bits per heavy atom. The molecule has 3 atom stereocenters. The maximum Gasteiger partial charge on any atom is 0.142 e. The van der Waals surface area contributed by atoms with Crippen molar-refractivity contribution < 1.29 is 4.39 Å². The molecule has 1 aromatic carbocycles. The molecule has 94 valence electrons. The van der Waals surface area contributed by atoms with Gasteiger partial charge in [-0.2, -0.15) is 0 Å². The molecule has 3 unspecified atom stereocenters. The standard InChI is InChI=1S/C14H17BrClF/c1-9-2-4-12(15)11(6-9)7-10-3-5-13(16)14(17)8-10/h3,5,8-9,11-12H,2,4,6-7H2,1H3. The van der Waals surface area contributed by atoms with Crippen LogP contribution in [0.5, 0.6) is 0 Å². The van der Waals surface area contributed by atoms with Gasteiger partial charge in [-0.15, -0.1) is 0 Å². The third kappa shape index (κ3) is 3.45. The molecule has 0 radical (unpaired) electrons. The second kappa shape index (κ2) is 5.71. The molecule has 1 saturated carbocycles. The molecule has 0 saturated heterocycles. The fourth-order valence-corrected chi connectivity index (χ4v) is 3.43. The molecule has 3 heteroatoms. The van der Waals surface area contributed by atoms with E-state index in [1.165, 1.54) is 19.3 Å². The second-order valence-electron chi connectivity index (χ2n) is 5.15. The maximum atomic E-state index is 13.4. The SMILES string of the molecule is CC1CCC(Br)C(Cc2ccc(Cl)c(F)c2)C1. The van der Waals surface area contributed by atoms with E-state index in [1.54, 1.807) is 12.1 Å². The fourth-order valence-electron chi connectivity index (χ4n) is 2.64. The van der Waals surface area contributed by atoms with Crippen molar-refractivity contribution in [2.24, 2.45) is 11.8 Å². The molecule has 1 aromatic rings. The quantitative estimate of drug-likeness (QED) is 0.655. The summed E-state index contributed by atoms with van der Waals surface area (Å²) < 4.78 is 13.4. The van der Waals surface area contributed by atoms with Gasteiger partial charge in [-0.05, 0) is 55.2 Å². The predicted octanol–water partition coefficient (Wildman–Crippen LogP) is 5.22. The fraction of sp³-hybridized carbons (Fsp3) is 0.571. The van der Waals surface area contributed by atoms with Crippen LogP contribution in [0.4, 0.5) is 4.39 Å². The maximum absolute atomic E-state index is 13.4. The summed E-state index contributed by atoms with van der Waals surface area (Å²) in [6.45, 7) is 2.30.